The molecule has 1 rings (SSSR count). The van der Waals surface area contributed by atoms with E-state index in [-0.39, 0.29) is 5.91 Å². The Hall–Kier alpha value is -1.35. The molecule has 0 spiro atoms. The number of nitrogens with one attached hydrogen (secondary N) is 1. The maximum Gasteiger partial charge on any atom is 0.238 e. The van der Waals surface area contributed by atoms with Crippen LogP contribution in [0.1, 0.15) is 30.5 Å². The standard InChI is InChI=1S/C16H26N2O/c1-11(2)9-18(6)10-15(19)17-16-13(4)7-12(3)8-14(16)5/h7-8,11H,9-10H2,1-6H3,(H,17,19). The molecule has 0 aromatic heterocycles. The third-order valence-electron chi connectivity index (χ3n) is 3.03. The Labute approximate surface area is 117 Å². The summed E-state index contributed by atoms with van der Waals surface area (Å²) in [5, 5.41) is 3.03. The molecule has 1 aromatic carbocycles. The lowest BCUT2D eigenvalue weighted by Gasteiger charge is -2.19. The number of likely N-dealkylation sites (N-methyl/N-ethyl adjacent to an activating group) is 1. The number of amides is 1. The zero-order valence-corrected chi connectivity index (χ0v) is 13.0. The maximum absolute atomic E-state index is 12.0. The Morgan fingerprint density at radius 2 is 1.74 bits per heavy atom. The molecular formula is C16H26N2O. The van der Waals surface area contributed by atoms with E-state index in [0.717, 1.165) is 23.4 Å². The van der Waals surface area contributed by atoms with E-state index in [1.807, 2.05) is 20.9 Å². The van der Waals surface area contributed by atoms with Gasteiger partial charge in [0.2, 0.25) is 5.91 Å². The molecule has 106 valence electrons. The maximum atomic E-state index is 12.0. The number of aryl methyl sites for hydroxylation is 3. The van der Waals surface area contributed by atoms with Crippen molar-refractivity contribution in [3.63, 3.8) is 0 Å². The lowest BCUT2D eigenvalue weighted by atomic mass is 10.1. The Morgan fingerprint density at radius 3 is 2.21 bits per heavy atom. The SMILES string of the molecule is Cc1cc(C)c(NC(=O)CN(C)CC(C)C)c(C)c1. The molecule has 1 amide bonds. The summed E-state index contributed by atoms with van der Waals surface area (Å²) in [7, 11) is 1.98. The van der Waals surface area contributed by atoms with Gasteiger partial charge in [-0.2, -0.15) is 0 Å². The van der Waals surface area contributed by atoms with Gasteiger partial charge in [-0.3, -0.25) is 9.69 Å². The van der Waals surface area contributed by atoms with E-state index < -0.39 is 0 Å². The molecule has 0 aliphatic carbocycles. The molecule has 0 bridgehead atoms. The first kappa shape index (κ1) is 15.7. The Balaban J connectivity index is 2.67. The van der Waals surface area contributed by atoms with Crippen LogP contribution in [0.3, 0.4) is 0 Å². The fourth-order valence-corrected chi connectivity index (χ4v) is 2.49. The van der Waals surface area contributed by atoms with Crippen molar-refractivity contribution in [3.05, 3.63) is 28.8 Å². The van der Waals surface area contributed by atoms with Gasteiger partial charge in [0.05, 0.1) is 6.54 Å². The highest BCUT2D eigenvalue weighted by molar-refractivity contribution is 5.93. The predicted octanol–water partition coefficient (Wildman–Crippen LogP) is 3.14. The van der Waals surface area contributed by atoms with Crippen molar-refractivity contribution >= 4 is 11.6 Å². The van der Waals surface area contributed by atoms with E-state index in [1.54, 1.807) is 0 Å². The Morgan fingerprint density at radius 1 is 1.21 bits per heavy atom. The summed E-state index contributed by atoms with van der Waals surface area (Å²) in [5.74, 6) is 0.624. The molecule has 0 radical (unpaired) electrons. The molecule has 0 atom stereocenters. The summed E-state index contributed by atoms with van der Waals surface area (Å²) in [5.41, 5.74) is 4.42. The minimum Gasteiger partial charge on any atom is -0.324 e. The van der Waals surface area contributed by atoms with Gasteiger partial charge in [0, 0.05) is 12.2 Å². The van der Waals surface area contributed by atoms with Gasteiger partial charge in [0.1, 0.15) is 0 Å². The van der Waals surface area contributed by atoms with Crippen LogP contribution in [0.15, 0.2) is 12.1 Å². The van der Waals surface area contributed by atoms with E-state index >= 15 is 0 Å². The van der Waals surface area contributed by atoms with Crippen LogP contribution in [-0.2, 0) is 4.79 Å². The number of hydrogen-bond donors (Lipinski definition) is 1. The second-order valence-corrected chi connectivity index (χ2v) is 5.91. The molecule has 0 saturated heterocycles. The van der Waals surface area contributed by atoms with Crippen molar-refractivity contribution in [3.8, 4) is 0 Å². The molecule has 3 nitrogen and oxygen atoms in total. The smallest absolute Gasteiger partial charge is 0.238 e. The summed E-state index contributed by atoms with van der Waals surface area (Å²) in [6.07, 6.45) is 0. The lowest BCUT2D eigenvalue weighted by molar-refractivity contribution is -0.117. The second kappa shape index (κ2) is 6.71. The predicted molar refractivity (Wildman–Crippen MR) is 81.6 cm³/mol. The molecule has 0 aliphatic rings. The first-order valence-electron chi connectivity index (χ1n) is 6.85. The summed E-state index contributed by atoms with van der Waals surface area (Å²) in [6.45, 7) is 11.8. The van der Waals surface area contributed by atoms with Gasteiger partial charge in [-0.15, -0.1) is 0 Å². The van der Waals surface area contributed by atoms with Crippen LogP contribution < -0.4 is 5.32 Å². The van der Waals surface area contributed by atoms with Gasteiger partial charge in [-0.1, -0.05) is 31.5 Å². The number of anilines is 1. The third-order valence-corrected chi connectivity index (χ3v) is 3.03. The highest BCUT2D eigenvalue weighted by Gasteiger charge is 2.11. The molecule has 1 aromatic rings. The number of hydrogen-bond acceptors (Lipinski definition) is 2. The van der Waals surface area contributed by atoms with Gasteiger partial charge in [-0.25, -0.2) is 0 Å². The fourth-order valence-electron chi connectivity index (χ4n) is 2.49. The van der Waals surface area contributed by atoms with Gasteiger partial charge in [0.15, 0.2) is 0 Å². The van der Waals surface area contributed by atoms with Gasteiger partial charge >= 0.3 is 0 Å². The highest BCUT2D eigenvalue weighted by Crippen LogP contribution is 2.21. The van der Waals surface area contributed by atoms with E-state index in [1.165, 1.54) is 5.56 Å². The zero-order chi connectivity index (χ0) is 14.6. The van der Waals surface area contributed by atoms with Crippen LogP contribution in [0, 0.1) is 26.7 Å². The normalized spacial score (nSPS) is 11.2. The first-order chi connectivity index (χ1) is 8.79. The average Bonchev–Trinajstić information content (AvgIpc) is 2.21. The average molecular weight is 262 g/mol. The third kappa shape index (κ3) is 5.03. The number of carbonyl (C=O) groups excluding carboxylic acids is 1. The van der Waals surface area contributed by atoms with Crippen LogP contribution >= 0.6 is 0 Å². The van der Waals surface area contributed by atoms with Crippen LogP contribution in [0.4, 0.5) is 5.69 Å². The number of carbonyl (C=O) groups is 1. The van der Waals surface area contributed by atoms with E-state index in [4.69, 9.17) is 0 Å². The van der Waals surface area contributed by atoms with E-state index in [9.17, 15) is 4.79 Å². The molecule has 0 aliphatic heterocycles. The van der Waals surface area contributed by atoms with Crippen molar-refractivity contribution in [1.29, 1.82) is 0 Å². The largest absolute Gasteiger partial charge is 0.324 e. The van der Waals surface area contributed by atoms with Gasteiger partial charge in [-0.05, 0) is 44.9 Å². The van der Waals surface area contributed by atoms with Crippen LogP contribution in [0.5, 0.6) is 0 Å². The Bertz CT molecular complexity index is 429. The lowest BCUT2D eigenvalue weighted by Crippen LogP contribution is -2.32. The van der Waals surface area contributed by atoms with Gasteiger partial charge in [0.25, 0.3) is 0 Å². The molecule has 0 unspecified atom stereocenters. The second-order valence-electron chi connectivity index (χ2n) is 5.91. The van der Waals surface area contributed by atoms with Gasteiger partial charge < -0.3 is 5.32 Å². The number of benzene rings is 1. The van der Waals surface area contributed by atoms with Crippen molar-refractivity contribution < 1.29 is 4.79 Å². The van der Waals surface area contributed by atoms with E-state index in [2.05, 4.69) is 43.1 Å². The molecule has 19 heavy (non-hydrogen) atoms. The van der Waals surface area contributed by atoms with Crippen LogP contribution in [0.25, 0.3) is 0 Å². The van der Waals surface area contributed by atoms with E-state index in [0.29, 0.717) is 12.5 Å². The molecular weight excluding hydrogens is 236 g/mol. The summed E-state index contributed by atoms with van der Waals surface area (Å²) < 4.78 is 0. The monoisotopic (exact) mass is 262 g/mol. The van der Waals surface area contributed by atoms with Crippen molar-refractivity contribution in [2.24, 2.45) is 5.92 Å². The van der Waals surface area contributed by atoms with Crippen molar-refractivity contribution in [2.45, 2.75) is 34.6 Å². The molecule has 0 fully saturated rings. The number of nitrogens with zero attached hydrogens (tertiary/aromatic N) is 1. The Kier molecular flexibility index (Phi) is 5.55. The molecule has 1 N–H and O–H groups in total. The summed E-state index contributed by atoms with van der Waals surface area (Å²) >= 11 is 0. The van der Waals surface area contributed by atoms with Crippen LogP contribution in [-0.4, -0.2) is 30.9 Å². The summed E-state index contributed by atoms with van der Waals surface area (Å²) in [4.78, 5) is 14.1. The molecule has 0 heterocycles. The van der Waals surface area contributed by atoms with Crippen molar-refractivity contribution in [1.82, 2.24) is 4.90 Å². The zero-order valence-electron chi connectivity index (χ0n) is 13.0. The summed E-state index contributed by atoms with van der Waals surface area (Å²) in [6, 6.07) is 4.20. The quantitative estimate of drug-likeness (QED) is 0.884. The highest BCUT2D eigenvalue weighted by atomic mass is 16.2. The molecule has 0 saturated carbocycles. The van der Waals surface area contributed by atoms with Crippen LogP contribution in [0.2, 0.25) is 0 Å². The fraction of sp³-hybridized carbons (Fsp3) is 0.562. The topological polar surface area (TPSA) is 32.3 Å². The van der Waals surface area contributed by atoms with Crippen molar-refractivity contribution in [2.75, 3.05) is 25.5 Å². The minimum absolute atomic E-state index is 0.0539. The number of rotatable bonds is 5. The molecule has 3 heteroatoms. The minimum atomic E-state index is 0.0539. The first-order valence-corrected chi connectivity index (χ1v) is 6.85.